The first-order chi connectivity index (χ1) is 13.7. The van der Waals surface area contributed by atoms with Gasteiger partial charge >= 0.3 is 0 Å². The molecule has 144 valence electrons. The number of terminal acetylenes is 1. The topological polar surface area (TPSA) is 46.4 Å². The van der Waals surface area contributed by atoms with Gasteiger partial charge in [-0.3, -0.25) is 9.47 Å². The standard InChI is InChI=1S/C22H25N5O/c1-4-5-11-25-12-14-26(15-13-25)20-9-8-18(16-21(20)28-3)27-17(2)24-19-7-6-10-23-22(19)27/h1,6-10,16H,5,11-15H2,2-3H3. The van der Waals surface area contributed by atoms with Crippen molar-refractivity contribution in [3.05, 3.63) is 42.4 Å². The van der Waals surface area contributed by atoms with Crippen molar-refractivity contribution in [1.82, 2.24) is 19.4 Å². The van der Waals surface area contributed by atoms with Crippen LogP contribution in [0.5, 0.6) is 5.75 Å². The van der Waals surface area contributed by atoms with Gasteiger partial charge in [-0.25, -0.2) is 9.97 Å². The average molecular weight is 375 g/mol. The summed E-state index contributed by atoms with van der Waals surface area (Å²) in [5, 5.41) is 0. The minimum atomic E-state index is 0.810. The number of pyridine rings is 1. The van der Waals surface area contributed by atoms with Gasteiger partial charge in [-0.15, -0.1) is 12.3 Å². The van der Waals surface area contributed by atoms with E-state index in [1.165, 1.54) is 0 Å². The summed E-state index contributed by atoms with van der Waals surface area (Å²) in [7, 11) is 1.73. The van der Waals surface area contributed by atoms with Crippen molar-refractivity contribution in [2.75, 3.05) is 44.7 Å². The number of ether oxygens (including phenoxy) is 1. The van der Waals surface area contributed by atoms with Gasteiger partial charge in [0, 0.05) is 51.4 Å². The predicted octanol–water partition coefficient (Wildman–Crippen LogP) is 2.88. The normalized spacial score (nSPS) is 15.0. The van der Waals surface area contributed by atoms with Gasteiger partial charge in [0.05, 0.1) is 18.5 Å². The van der Waals surface area contributed by atoms with Crippen LogP contribution < -0.4 is 9.64 Å². The number of piperazine rings is 1. The third-order valence-electron chi connectivity index (χ3n) is 5.29. The molecule has 0 unspecified atom stereocenters. The largest absolute Gasteiger partial charge is 0.495 e. The molecular formula is C22H25N5O. The van der Waals surface area contributed by atoms with Gasteiger partial charge in [0.25, 0.3) is 0 Å². The van der Waals surface area contributed by atoms with Crippen LogP contribution in [0.2, 0.25) is 0 Å². The molecule has 0 aliphatic carbocycles. The van der Waals surface area contributed by atoms with Crippen LogP contribution in [0.15, 0.2) is 36.5 Å². The SMILES string of the molecule is C#CCCN1CCN(c2ccc(-n3c(C)nc4cccnc43)cc2OC)CC1. The van der Waals surface area contributed by atoms with Gasteiger partial charge in [0.15, 0.2) is 5.65 Å². The van der Waals surface area contributed by atoms with Gasteiger partial charge in [-0.1, -0.05) is 0 Å². The molecule has 1 aliphatic rings. The minimum Gasteiger partial charge on any atom is -0.495 e. The van der Waals surface area contributed by atoms with Crippen LogP contribution in [0.1, 0.15) is 12.2 Å². The van der Waals surface area contributed by atoms with Crippen molar-refractivity contribution < 1.29 is 4.74 Å². The number of benzene rings is 1. The van der Waals surface area contributed by atoms with E-state index in [4.69, 9.17) is 11.2 Å². The Hall–Kier alpha value is -3.04. The molecule has 0 radical (unpaired) electrons. The second-order valence-corrected chi connectivity index (χ2v) is 6.98. The number of aryl methyl sites for hydroxylation is 1. The fourth-order valence-corrected chi connectivity index (χ4v) is 3.84. The number of rotatable bonds is 5. The fourth-order valence-electron chi connectivity index (χ4n) is 3.84. The van der Waals surface area contributed by atoms with E-state index in [9.17, 15) is 0 Å². The zero-order chi connectivity index (χ0) is 19.5. The van der Waals surface area contributed by atoms with Gasteiger partial charge < -0.3 is 9.64 Å². The van der Waals surface area contributed by atoms with Crippen LogP contribution in [0.3, 0.4) is 0 Å². The molecule has 1 fully saturated rings. The molecule has 3 heterocycles. The van der Waals surface area contributed by atoms with E-state index in [2.05, 4.69) is 48.5 Å². The lowest BCUT2D eigenvalue weighted by molar-refractivity contribution is 0.263. The van der Waals surface area contributed by atoms with E-state index in [0.29, 0.717) is 0 Å². The molecule has 6 heteroatoms. The number of imidazole rings is 1. The zero-order valence-electron chi connectivity index (χ0n) is 16.4. The summed E-state index contributed by atoms with van der Waals surface area (Å²) in [6, 6.07) is 10.2. The smallest absolute Gasteiger partial charge is 0.164 e. The van der Waals surface area contributed by atoms with Gasteiger partial charge in [0.1, 0.15) is 17.1 Å². The maximum absolute atomic E-state index is 5.75. The van der Waals surface area contributed by atoms with Crippen molar-refractivity contribution in [1.29, 1.82) is 0 Å². The van der Waals surface area contributed by atoms with E-state index in [1.807, 2.05) is 19.1 Å². The Morgan fingerprint density at radius 1 is 1.18 bits per heavy atom. The van der Waals surface area contributed by atoms with E-state index in [1.54, 1.807) is 13.3 Å². The Balaban J connectivity index is 1.61. The molecule has 4 rings (SSSR count). The molecule has 0 atom stereocenters. The Bertz CT molecular complexity index is 1010. The van der Waals surface area contributed by atoms with Crippen LogP contribution in [-0.2, 0) is 0 Å². The molecule has 0 amide bonds. The summed E-state index contributed by atoms with van der Waals surface area (Å²) in [6.07, 6.45) is 7.99. The summed E-state index contributed by atoms with van der Waals surface area (Å²) >= 11 is 0. The Labute approximate surface area is 165 Å². The quantitative estimate of drug-likeness (QED) is 0.642. The molecule has 3 aromatic rings. The molecule has 1 aromatic carbocycles. The number of fused-ring (bicyclic) bond motifs is 1. The van der Waals surface area contributed by atoms with Gasteiger partial charge in [-0.2, -0.15) is 0 Å². The lowest BCUT2D eigenvalue weighted by Gasteiger charge is -2.36. The number of hydrogen-bond acceptors (Lipinski definition) is 5. The summed E-state index contributed by atoms with van der Waals surface area (Å²) < 4.78 is 7.81. The van der Waals surface area contributed by atoms with Crippen molar-refractivity contribution in [2.24, 2.45) is 0 Å². The van der Waals surface area contributed by atoms with Crippen LogP contribution in [0.4, 0.5) is 5.69 Å². The fraction of sp³-hybridized carbons (Fsp3) is 0.364. The Morgan fingerprint density at radius 2 is 2.00 bits per heavy atom. The summed E-state index contributed by atoms with van der Waals surface area (Å²) in [5.41, 5.74) is 3.88. The Kier molecular flexibility index (Phi) is 5.18. The van der Waals surface area contributed by atoms with Gasteiger partial charge in [-0.05, 0) is 31.2 Å². The van der Waals surface area contributed by atoms with Crippen LogP contribution in [0, 0.1) is 19.3 Å². The molecule has 6 nitrogen and oxygen atoms in total. The first-order valence-electron chi connectivity index (χ1n) is 9.60. The minimum absolute atomic E-state index is 0.810. The highest BCUT2D eigenvalue weighted by molar-refractivity contribution is 5.74. The molecule has 0 bridgehead atoms. The molecule has 0 spiro atoms. The maximum Gasteiger partial charge on any atom is 0.164 e. The second kappa shape index (κ2) is 7.91. The van der Waals surface area contributed by atoms with Gasteiger partial charge in [0.2, 0.25) is 0 Å². The van der Waals surface area contributed by atoms with Crippen LogP contribution in [-0.4, -0.2) is 59.3 Å². The third-order valence-corrected chi connectivity index (χ3v) is 5.29. The second-order valence-electron chi connectivity index (χ2n) is 6.98. The third kappa shape index (κ3) is 3.41. The highest BCUT2D eigenvalue weighted by Gasteiger charge is 2.20. The summed E-state index contributed by atoms with van der Waals surface area (Å²) in [5.74, 6) is 4.50. The van der Waals surface area contributed by atoms with E-state index >= 15 is 0 Å². The number of hydrogen-bond donors (Lipinski definition) is 0. The molecule has 28 heavy (non-hydrogen) atoms. The molecule has 1 saturated heterocycles. The van der Waals surface area contributed by atoms with Crippen molar-refractivity contribution in [3.8, 4) is 23.8 Å². The van der Waals surface area contributed by atoms with E-state index in [-0.39, 0.29) is 0 Å². The lowest BCUT2D eigenvalue weighted by atomic mass is 10.2. The Morgan fingerprint density at radius 3 is 2.75 bits per heavy atom. The van der Waals surface area contributed by atoms with E-state index < -0.39 is 0 Å². The first-order valence-corrected chi connectivity index (χ1v) is 9.60. The number of aromatic nitrogens is 3. The van der Waals surface area contributed by atoms with Crippen LogP contribution in [0.25, 0.3) is 16.9 Å². The highest BCUT2D eigenvalue weighted by atomic mass is 16.5. The van der Waals surface area contributed by atoms with E-state index in [0.717, 1.165) is 73.3 Å². The van der Waals surface area contributed by atoms with Crippen LogP contribution >= 0.6 is 0 Å². The first kappa shape index (κ1) is 18.3. The predicted molar refractivity (Wildman–Crippen MR) is 112 cm³/mol. The van der Waals surface area contributed by atoms with Crippen molar-refractivity contribution in [3.63, 3.8) is 0 Å². The molecular weight excluding hydrogens is 350 g/mol. The zero-order valence-corrected chi connectivity index (χ0v) is 16.4. The highest BCUT2D eigenvalue weighted by Crippen LogP contribution is 2.32. The molecule has 1 aliphatic heterocycles. The van der Waals surface area contributed by atoms with Crippen molar-refractivity contribution >= 4 is 16.9 Å². The number of anilines is 1. The summed E-state index contributed by atoms with van der Waals surface area (Å²) in [4.78, 5) is 13.9. The molecule has 2 aromatic heterocycles. The molecule has 0 N–H and O–H groups in total. The molecule has 0 saturated carbocycles. The monoisotopic (exact) mass is 375 g/mol. The number of nitrogens with zero attached hydrogens (tertiary/aromatic N) is 5. The average Bonchev–Trinajstić information content (AvgIpc) is 3.08. The maximum atomic E-state index is 5.75. The number of methoxy groups -OCH3 is 1. The lowest BCUT2D eigenvalue weighted by Crippen LogP contribution is -2.46. The van der Waals surface area contributed by atoms with Crippen molar-refractivity contribution in [2.45, 2.75) is 13.3 Å². The summed E-state index contributed by atoms with van der Waals surface area (Å²) in [6.45, 7) is 6.94.